The summed E-state index contributed by atoms with van der Waals surface area (Å²) in [5.74, 6) is -0.208. The van der Waals surface area contributed by atoms with Gasteiger partial charge in [0.1, 0.15) is 11.8 Å². The fourth-order valence-electron chi connectivity index (χ4n) is 1.74. The van der Waals surface area contributed by atoms with Crippen LogP contribution in [0.4, 0.5) is 5.69 Å². The number of aromatic nitrogens is 2. The number of nitriles is 1. The molecule has 0 unspecified atom stereocenters. The Kier molecular flexibility index (Phi) is 4.83. The molecule has 2 heterocycles. The number of hydrogen-bond acceptors (Lipinski definition) is 5. The molecule has 0 saturated heterocycles. The highest BCUT2D eigenvalue weighted by Crippen LogP contribution is 2.10. The summed E-state index contributed by atoms with van der Waals surface area (Å²) in [6.07, 6.45) is 4.90. The Hall–Kier alpha value is -2.94. The number of nitrogens with one attached hydrogen (secondary N) is 2. The molecule has 2 rings (SSSR count). The van der Waals surface area contributed by atoms with E-state index in [9.17, 15) is 4.79 Å². The highest BCUT2D eigenvalue weighted by atomic mass is 16.1. The van der Waals surface area contributed by atoms with Gasteiger partial charge in [0.25, 0.3) is 5.91 Å². The van der Waals surface area contributed by atoms with E-state index in [-0.39, 0.29) is 5.91 Å². The van der Waals surface area contributed by atoms with Gasteiger partial charge in [-0.15, -0.1) is 0 Å². The number of carbonyl (C=O) groups excluding carboxylic acids is 1. The second-order valence-electron chi connectivity index (χ2n) is 4.42. The van der Waals surface area contributed by atoms with Crippen LogP contribution in [0, 0.1) is 18.3 Å². The van der Waals surface area contributed by atoms with E-state index in [2.05, 4.69) is 20.6 Å². The molecular formula is C15H15N5O. The highest BCUT2D eigenvalue weighted by Gasteiger charge is 2.05. The monoisotopic (exact) mass is 281 g/mol. The van der Waals surface area contributed by atoms with Crippen LogP contribution in [-0.4, -0.2) is 29.0 Å². The summed E-state index contributed by atoms with van der Waals surface area (Å²) >= 11 is 0. The van der Waals surface area contributed by atoms with Crippen molar-refractivity contribution >= 4 is 11.6 Å². The summed E-state index contributed by atoms with van der Waals surface area (Å²) in [5.41, 5.74) is 2.79. The standard InChI is InChI=1S/C15H15N5O/c1-11-9-17-5-4-14(11)18-6-7-19-15(21)12-2-3-13(8-16)20-10-12/h2-5,9-10H,6-7H2,1H3,(H,17,18)(H,19,21). The maximum atomic E-state index is 11.9. The predicted molar refractivity (Wildman–Crippen MR) is 78.7 cm³/mol. The summed E-state index contributed by atoms with van der Waals surface area (Å²) in [4.78, 5) is 19.7. The van der Waals surface area contributed by atoms with Crippen LogP contribution in [-0.2, 0) is 0 Å². The topological polar surface area (TPSA) is 90.7 Å². The lowest BCUT2D eigenvalue weighted by molar-refractivity contribution is 0.0955. The summed E-state index contributed by atoms with van der Waals surface area (Å²) in [6, 6.07) is 6.91. The molecule has 0 aromatic carbocycles. The Bertz CT molecular complexity index is 661. The molecule has 2 N–H and O–H groups in total. The summed E-state index contributed by atoms with van der Waals surface area (Å²) in [7, 11) is 0. The molecule has 0 bridgehead atoms. The minimum absolute atomic E-state index is 0.208. The molecule has 0 aliphatic carbocycles. The third kappa shape index (κ3) is 4.01. The lowest BCUT2D eigenvalue weighted by Crippen LogP contribution is -2.29. The third-order valence-corrected chi connectivity index (χ3v) is 2.89. The molecule has 0 spiro atoms. The molecule has 0 radical (unpaired) electrons. The van der Waals surface area contributed by atoms with Gasteiger partial charge in [0.2, 0.25) is 0 Å². The van der Waals surface area contributed by atoms with Crippen LogP contribution in [0.25, 0.3) is 0 Å². The number of aryl methyl sites for hydroxylation is 1. The Balaban J connectivity index is 1.79. The second-order valence-corrected chi connectivity index (χ2v) is 4.42. The zero-order valence-electron chi connectivity index (χ0n) is 11.6. The first-order valence-electron chi connectivity index (χ1n) is 6.49. The number of nitrogens with zero attached hydrogens (tertiary/aromatic N) is 3. The van der Waals surface area contributed by atoms with Crippen LogP contribution in [0.3, 0.4) is 0 Å². The number of amides is 1. The van der Waals surface area contributed by atoms with Crippen molar-refractivity contribution in [3.8, 4) is 6.07 Å². The molecule has 0 aliphatic heterocycles. The summed E-state index contributed by atoms with van der Waals surface area (Å²) in [6.45, 7) is 3.07. The van der Waals surface area contributed by atoms with Crippen molar-refractivity contribution in [1.29, 1.82) is 5.26 Å². The van der Waals surface area contributed by atoms with Crippen LogP contribution in [0.15, 0.2) is 36.8 Å². The molecule has 6 heteroatoms. The van der Waals surface area contributed by atoms with E-state index >= 15 is 0 Å². The molecule has 0 atom stereocenters. The number of rotatable bonds is 5. The van der Waals surface area contributed by atoms with Gasteiger partial charge in [-0.25, -0.2) is 4.98 Å². The smallest absolute Gasteiger partial charge is 0.252 e. The Labute approximate surface area is 122 Å². The first-order chi connectivity index (χ1) is 10.2. The van der Waals surface area contributed by atoms with Crippen LogP contribution < -0.4 is 10.6 Å². The van der Waals surface area contributed by atoms with Crippen LogP contribution in [0.1, 0.15) is 21.6 Å². The summed E-state index contributed by atoms with van der Waals surface area (Å²) < 4.78 is 0. The SMILES string of the molecule is Cc1cnccc1NCCNC(=O)c1ccc(C#N)nc1. The predicted octanol–water partition coefficient (Wildman–Crippen LogP) is 1.50. The quantitative estimate of drug-likeness (QED) is 0.810. The molecule has 6 nitrogen and oxygen atoms in total. The van der Waals surface area contributed by atoms with E-state index in [0.29, 0.717) is 24.3 Å². The molecule has 0 saturated carbocycles. The number of carbonyl (C=O) groups is 1. The van der Waals surface area contributed by atoms with Crippen molar-refractivity contribution < 1.29 is 4.79 Å². The van der Waals surface area contributed by atoms with Gasteiger partial charge in [-0.3, -0.25) is 9.78 Å². The maximum absolute atomic E-state index is 11.9. The minimum Gasteiger partial charge on any atom is -0.383 e. The first-order valence-corrected chi connectivity index (χ1v) is 6.49. The van der Waals surface area contributed by atoms with Gasteiger partial charge < -0.3 is 10.6 Å². The average Bonchev–Trinajstić information content (AvgIpc) is 2.53. The molecule has 2 aromatic heterocycles. The van der Waals surface area contributed by atoms with E-state index in [1.807, 2.05) is 19.1 Å². The van der Waals surface area contributed by atoms with Crippen molar-refractivity contribution in [2.24, 2.45) is 0 Å². The fourth-order valence-corrected chi connectivity index (χ4v) is 1.74. The van der Waals surface area contributed by atoms with E-state index in [1.165, 1.54) is 12.3 Å². The zero-order valence-corrected chi connectivity index (χ0v) is 11.6. The van der Waals surface area contributed by atoms with Gasteiger partial charge >= 0.3 is 0 Å². The zero-order chi connectivity index (χ0) is 15.1. The number of pyridine rings is 2. The molecule has 106 valence electrons. The summed E-state index contributed by atoms with van der Waals surface area (Å²) in [5, 5.41) is 14.7. The minimum atomic E-state index is -0.208. The lowest BCUT2D eigenvalue weighted by Gasteiger charge is -2.09. The van der Waals surface area contributed by atoms with Crippen LogP contribution in [0.5, 0.6) is 0 Å². The number of anilines is 1. The van der Waals surface area contributed by atoms with Crippen molar-refractivity contribution in [2.75, 3.05) is 18.4 Å². The van der Waals surface area contributed by atoms with Crippen molar-refractivity contribution in [2.45, 2.75) is 6.92 Å². The van der Waals surface area contributed by atoms with Gasteiger partial charge in [0, 0.05) is 37.4 Å². The van der Waals surface area contributed by atoms with Crippen molar-refractivity contribution in [3.63, 3.8) is 0 Å². The normalized spacial score (nSPS) is 9.71. The van der Waals surface area contributed by atoms with E-state index in [4.69, 9.17) is 5.26 Å². The highest BCUT2D eigenvalue weighted by molar-refractivity contribution is 5.93. The molecule has 0 fully saturated rings. The molecular weight excluding hydrogens is 266 g/mol. The lowest BCUT2D eigenvalue weighted by atomic mass is 10.2. The maximum Gasteiger partial charge on any atom is 0.252 e. The molecule has 2 aromatic rings. The Morgan fingerprint density at radius 2 is 2.14 bits per heavy atom. The van der Waals surface area contributed by atoms with Gasteiger partial charge in [-0.1, -0.05) is 0 Å². The fraction of sp³-hybridized carbons (Fsp3) is 0.200. The van der Waals surface area contributed by atoms with E-state index in [1.54, 1.807) is 18.5 Å². The van der Waals surface area contributed by atoms with Gasteiger partial charge in [0.05, 0.1) is 5.56 Å². The van der Waals surface area contributed by atoms with Gasteiger partial charge in [-0.2, -0.15) is 5.26 Å². The van der Waals surface area contributed by atoms with E-state index in [0.717, 1.165) is 11.3 Å². The molecule has 21 heavy (non-hydrogen) atoms. The van der Waals surface area contributed by atoms with Crippen LogP contribution in [0.2, 0.25) is 0 Å². The average molecular weight is 281 g/mol. The number of hydrogen-bond donors (Lipinski definition) is 2. The Morgan fingerprint density at radius 3 is 2.81 bits per heavy atom. The first kappa shape index (κ1) is 14.5. The van der Waals surface area contributed by atoms with Crippen LogP contribution >= 0.6 is 0 Å². The Morgan fingerprint density at radius 1 is 1.29 bits per heavy atom. The third-order valence-electron chi connectivity index (χ3n) is 2.89. The largest absolute Gasteiger partial charge is 0.383 e. The molecule has 0 aliphatic rings. The van der Waals surface area contributed by atoms with Gasteiger partial charge in [-0.05, 0) is 30.7 Å². The van der Waals surface area contributed by atoms with Crippen molar-refractivity contribution in [1.82, 2.24) is 15.3 Å². The van der Waals surface area contributed by atoms with E-state index < -0.39 is 0 Å². The second kappa shape index (κ2) is 7.01. The van der Waals surface area contributed by atoms with Gasteiger partial charge in [0.15, 0.2) is 0 Å². The molecule has 1 amide bonds. The van der Waals surface area contributed by atoms with Crippen molar-refractivity contribution in [3.05, 3.63) is 53.6 Å².